The Morgan fingerprint density at radius 3 is 2.87 bits per heavy atom. The van der Waals surface area contributed by atoms with Crippen LogP contribution in [0.1, 0.15) is 26.0 Å². The van der Waals surface area contributed by atoms with Crippen molar-refractivity contribution in [2.24, 2.45) is 15.9 Å². The Balaban J connectivity index is 1.30. The summed E-state index contributed by atoms with van der Waals surface area (Å²) in [5.41, 5.74) is 0.511. The molecule has 160 valence electrons. The van der Waals surface area contributed by atoms with Crippen molar-refractivity contribution in [3.05, 3.63) is 36.0 Å². The van der Waals surface area contributed by atoms with Crippen LogP contribution in [0.2, 0.25) is 0 Å². The monoisotopic (exact) mass is 420 g/mol. The molecule has 0 saturated heterocycles. The highest BCUT2D eigenvalue weighted by atomic mass is 19.3. The second kappa shape index (κ2) is 8.00. The van der Waals surface area contributed by atoms with Crippen LogP contribution >= 0.6 is 0 Å². The van der Waals surface area contributed by atoms with Gasteiger partial charge in [-0.25, -0.2) is 23.7 Å². The summed E-state index contributed by atoms with van der Waals surface area (Å²) in [7, 11) is 0. The molecular weight excluding hydrogens is 398 g/mol. The molecule has 4 rings (SSSR count). The van der Waals surface area contributed by atoms with Crippen molar-refractivity contribution >= 4 is 18.0 Å². The van der Waals surface area contributed by atoms with Crippen LogP contribution < -0.4 is 10.1 Å². The van der Waals surface area contributed by atoms with Gasteiger partial charge in [0.15, 0.2) is 6.10 Å². The maximum Gasteiger partial charge on any atom is 0.255 e. The fourth-order valence-electron chi connectivity index (χ4n) is 3.07. The molecule has 8 nitrogen and oxygen atoms in total. The molecule has 1 aliphatic carbocycles. The van der Waals surface area contributed by atoms with Crippen LogP contribution in [0.4, 0.5) is 8.78 Å². The molecule has 3 heterocycles. The molecule has 3 aliphatic rings. The van der Waals surface area contributed by atoms with Gasteiger partial charge in [0.05, 0.1) is 24.8 Å². The third kappa shape index (κ3) is 4.74. The number of nitrogens with zero attached hydrogens (tertiary/aromatic N) is 3. The lowest BCUT2D eigenvalue weighted by atomic mass is 10.1. The Bertz CT molecular complexity index is 901. The fraction of sp³-hybridized carbons (Fsp3) is 0.500. The average Bonchev–Trinajstić information content (AvgIpc) is 3.10. The lowest BCUT2D eigenvalue weighted by Crippen LogP contribution is -2.34. The number of carbonyl (C=O) groups is 1. The molecule has 0 radical (unpaired) electrons. The minimum atomic E-state index is -2.60. The van der Waals surface area contributed by atoms with Gasteiger partial charge in [-0.3, -0.25) is 4.79 Å². The Morgan fingerprint density at radius 1 is 1.40 bits per heavy atom. The fourth-order valence-corrected chi connectivity index (χ4v) is 3.07. The first-order valence-corrected chi connectivity index (χ1v) is 9.67. The van der Waals surface area contributed by atoms with Crippen LogP contribution in [0.25, 0.3) is 0 Å². The maximum atomic E-state index is 12.9. The number of halogens is 2. The summed E-state index contributed by atoms with van der Waals surface area (Å²) in [6.45, 7) is 3.53. The highest BCUT2D eigenvalue weighted by Crippen LogP contribution is 2.48. The van der Waals surface area contributed by atoms with Gasteiger partial charge in [0.2, 0.25) is 17.7 Å². The minimum Gasteiger partial charge on any atom is -0.491 e. The molecule has 30 heavy (non-hydrogen) atoms. The molecule has 1 saturated carbocycles. The molecular formula is C20H22F2N4O4. The summed E-state index contributed by atoms with van der Waals surface area (Å²) >= 11 is 0. The highest BCUT2D eigenvalue weighted by molar-refractivity contribution is 5.96. The number of aromatic nitrogens is 1. The SMILES string of the molecule is CC(=O)N[C@@H](C)COC1=CC2OC(c3ccc(OCC4CC4(F)F)cn3)=NC2C=N1. The molecule has 1 amide bonds. The Kier molecular flexibility index (Phi) is 5.40. The molecule has 2 aliphatic heterocycles. The normalized spacial score (nSPS) is 26.6. The van der Waals surface area contributed by atoms with Crippen LogP contribution in [0, 0.1) is 5.92 Å². The predicted molar refractivity (Wildman–Crippen MR) is 104 cm³/mol. The van der Waals surface area contributed by atoms with Crippen molar-refractivity contribution in [3.63, 3.8) is 0 Å². The minimum absolute atomic E-state index is 0.0276. The molecule has 10 heteroatoms. The molecule has 0 bridgehead atoms. The predicted octanol–water partition coefficient (Wildman–Crippen LogP) is 2.10. The van der Waals surface area contributed by atoms with Gasteiger partial charge in [0.25, 0.3) is 5.92 Å². The number of ether oxygens (including phenoxy) is 3. The van der Waals surface area contributed by atoms with Gasteiger partial charge < -0.3 is 19.5 Å². The Labute approximate surface area is 172 Å². The van der Waals surface area contributed by atoms with E-state index in [2.05, 4.69) is 20.3 Å². The molecule has 0 spiro atoms. The Hall–Kier alpha value is -3.04. The van der Waals surface area contributed by atoms with E-state index >= 15 is 0 Å². The van der Waals surface area contributed by atoms with Crippen molar-refractivity contribution in [3.8, 4) is 5.75 Å². The molecule has 1 fully saturated rings. The van der Waals surface area contributed by atoms with Gasteiger partial charge in [0.1, 0.15) is 24.1 Å². The van der Waals surface area contributed by atoms with E-state index in [4.69, 9.17) is 14.2 Å². The van der Waals surface area contributed by atoms with Crippen molar-refractivity contribution in [2.75, 3.05) is 13.2 Å². The number of pyridine rings is 1. The van der Waals surface area contributed by atoms with E-state index in [1.807, 2.05) is 6.92 Å². The largest absolute Gasteiger partial charge is 0.491 e. The van der Waals surface area contributed by atoms with Crippen molar-refractivity contribution in [1.29, 1.82) is 0 Å². The lowest BCUT2D eigenvalue weighted by Gasteiger charge is -2.18. The second-order valence-electron chi connectivity index (χ2n) is 7.56. The summed E-state index contributed by atoms with van der Waals surface area (Å²) in [6, 6.07) is 2.89. The number of nitrogens with one attached hydrogen (secondary N) is 1. The number of hydrogen-bond acceptors (Lipinski definition) is 7. The van der Waals surface area contributed by atoms with Crippen LogP contribution in [0.15, 0.2) is 40.3 Å². The van der Waals surface area contributed by atoms with E-state index in [0.717, 1.165) is 0 Å². The van der Waals surface area contributed by atoms with Gasteiger partial charge in [-0.1, -0.05) is 0 Å². The van der Waals surface area contributed by atoms with Crippen molar-refractivity contribution < 1.29 is 27.8 Å². The van der Waals surface area contributed by atoms with Gasteiger partial charge in [0, 0.05) is 25.6 Å². The van der Waals surface area contributed by atoms with Gasteiger partial charge >= 0.3 is 0 Å². The van der Waals surface area contributed by atoms with Crippen LogP contribution in [0.3, 0.4) is 0 Å². The highest BCUT2D eigenvalue weighted by Gasteiger charge is 2.57. The molecule has 0 aromatic carbocycles. The number of alkyl halides is 2. The zero-order chi connectivity index (χ0) is 21.3. The second-order valence-corrected chi connectivity index (χ2v) is 7.56. The van der Waals surface area contributed by atoms with E-state index in [1.54, 1.807) is 24.4 Å². The number of hydrogen-bond donors (Lipinski definition) is 1. The number of amides is 1. The summed E-state index contributed by atoms with van der Waals surface area (Å²) in [5.74, 6) is -2.26. The standard InChI is InChI=1S/C20H22F2N4O4/c1-11(25-12(2)27)9-29-18-5-17-16(8-24-18)26-19(30-17)15-4-3-14(7-23-15)28-10-13-6-20(13,21)22/h3-5,7-8,11,13,16-17H,6,9-10H2,1-2H3,(H,25,27)/t11-,13?,16?,17?/m0/s1. The van der Waals surface area contributed by atoms with Gasteiger partial charge in [-0.05, 0) is 19.1 Å². The summed E-state index contributed by atoms with van der Waals surface area (Å²) in [6.07, 6.45) is 4.35. The molecule has 4 atom stereocenters. The molecule has 1 aromatic rings. The van der Waals surface area contributed by atoms with E-state index < -0.39 is 11.8 Å². The smallest absolute Gasteiger partial charge is 0.255 e. The third-order valence-corrected chi connectivity index (χ3v) is 4.81. The molecule has 1 aromatic heterocycles. The van der Waals surface area contributed by atoms with Crippen LogP contribution in [-0.4, -0.2) is 60.3 Å². The van der Waals surface area contributed by atoms with Crippen LogP contribution in [0.5, 0.6) is 5.75 Å². The zero-order valence-electron chi connectivity index (χ0n) is 16.5. The quantitative estimate of drug-likeness (QED) is 0.695. The number of fused-ring (bicyclic) bond motifs is 1. The molecule has 3 unspecified atom stereocenters. The topological polar surface area (TPSA) is 94.4 Å². The first-order valence-electron chi connectivity index (χ1n) is 9.67. The number of carbonyl (C=O) groups excluding carboxylic acids is 1. The van der Waals surface area contributed by atoms with Crippen LogP contribution in [-0.2, 0) is 14.3 Å². The summed E-state index contributed by atoms with van der Waals surface area (Å²) in [5, 5.41) is 2.73. The van der Waals surface area contributed by atoms with Crippen molar-refractivity contribution in [1.82, 2.24) is 10.3 Å². The maximum absolute atomic E-state index is 12.9. The Morgan fingerprint density at radius 2 is 2.20 bits per heavy atom. The number of rotatable bonds is 8. The van der Waals surface area contributed by atoms with E-state index in [1.165, 1.54) is 13.1 Å². The average molecular weight is 420 g/mol. The van der Waals surface area contributed by atoms with Gasteiger partial charge in [-0.2, -0.15) is 0 Å². The summed E-state index contributed by atoms with van der Waals surface area (Å²) in [4.78, 5) is 24.0. The third-order valence-electron chi connectivity index (χ3n) is 4.81. The van der Waals surface area contributed by atoms with Crippen molar-refractivity contribution in [2.45, 2.75) is 44.4 Å². The molecule has 1 N–H and O–H groups in total. The number of aliphatic imine (C=N–C) groups is 2. The van der Waals surface area contributed by atoms with E-state index in [0.29, 0.717) is 23.2 Å². The lowest BCUT2D eigenvalue weighted by molar-refractivity contribution is -0.119. The summed E-state index contributed by atoms with van der Waals surface area (Å²) < 4.78 is 42.7. The first kappa shape index (κ1) is 20.2. The van der Waals surface area contributed by atoms with E-state index in [9.17, 15) is 13.6 Å². The van der Waals surface area contributed by atoms with E-state index in [-0.39, 0.29) is 43.7 Å². The van der Waals surface area contributed by atoms with Gasteiger partial charge in [-0.15, -0.1) is 0 Å². The zero-order valence-corrected chi connectivity index (χ0v) is 16.5. The first-order chi connectivity index (χ1) is 14.3.